The Morgan fingerprint density at radius 2 is 1.80 bits per heavy atom. The third kappa shape index (κ3) is 7.71. The number of halogens is 3. The van der Waals surface area contributed by atoms with Crippen LogP contribution in [0.2, 0.25) is 5.02 Å². The lowest BCUT2D eigenvalue weighted by molar-refractivity contribution is -0.130. The lowest BCUT2D eigenvalue weighted by Gasteiger charge is -2.22. The molecule has 3 rings (SSSR count). The van der Waals surface area contributed by atoms with Gasteiger partial charge in [-0.3, -0.25) is 9.69 Å². The molecule has 1 heterocycles. The van der Waals surface area contributed by atoms with Gasteiger partial charge in [-0.25, -0.2) is 0 Å². The van der Waals surface area contributed by atoms with E-state index in [-0.39, 0.29) is 30.7 Å². The van der Waals surface area contributed by atoms with Gasteiger partial charge in [0.25, 0.3) is 0 Å². The number of nitrogens with zero attached hydrogens (tertiary/aromatic N) is 2. The van der Waals surface area contributed by atoms with E-state index in [1.807, 2.05) is 17.0 Å². The summed E-state index contributed by atoms with van der Waals surface area (Å²) in [5, 5.41) is 4.08. The van der Waals surface area contributed by atoms with Crippen LogP contribution in [0.1, 0.15) is 24.8 Å². The summed E-state index contributed by atoms with van der Waals surface area (Å²) in [6.07, 6.45) is 3.69. The molecule has 0 bridgehead atoms. The van der Waals surface area contributed by atoms with Crippen molar-refractivity contribution in [3.8, 4) is 0 Å². The number of rotatable bonds is 6. The van der Waals surface area contributed by atoms with Gasteiger partial charge in [0.2, 0.25) is 5.91 Å². The Bertz CT molecular complexity index is 523. The molecule has 0 unspecified atom stereocenters. The Balaban J connectivity index is 0.00000156. The van der Waals surface area contributed by atoms with Crippen LogP contribution in [0.25, 0.3) is 0 Å². The quantitative estimate of drug-likeness (QED) is 0.785. The van der Waals surface area contributed by atoms with Crippen molar-refractivity contribution in [2.75, 3.05) is 39.3 Å². The van der Waals surface area contributed by atoms with Crippen molar-refractivity contribution in [1.82, 2.24) is 15.1 Å². The SMILES string of the molecule is Cl.Cl.O=C(CNCC1CC1)N1CCCN(Cc2ccc(Cl)cc2)CC1. The molecule has 0 radical (unpaired) electrons. The maximum atomic E-state index is 12.3. The predicted octanol–water partition coefficient (Wildman–Crippen LogP) is 3.22. The third-order valence-electron chi connectivity index (χ3n) is 4.67. The Morgan fingerprint density at radius 3 is 2.48 bits per heavy atom. The maximum absolute atomic E-state index is 12.3. The summed E-state index contributed by atoms with van der Waals surface area (Å²) in [4.78, 5) is 16.7. The van der Waals surface area contributed by atoms with Gasteiger partial charge in [-0.15, -0.1) is 24.8 Å². The van der Waals surface area contributed by atoms with Crippen molar-refractivity contribution < 1.29 is 4.79 Å². The van der Waals surface area contributed by atoms with Gasteiger partial charge in [-0.1, -0.05) is 23.7 Å². The second-order valence-electron chi connectivity index (χ2n) is 6.71. The summed E-state index contributed by atoms with van der Waals surface area (Å²) in [6, 6.07) is 8.04. The molecule has 1 saturated carbocycles. The van der Waals surface area contributed by atoms with Crippen LogP contribution in [0.5, 0.6) is 0 Å². The molecule has 1 aliphatic carbocycles. The smallest absolute Gasteiger partial charge is 0.236 e. The van der Waals surface area contributed by atoms with Gasteiger partial charge in [-0.2, -0.15) is 0 Å². The summed E-state index contributed by atoms with van der Waals surface area (Å²) in [6.45, 7) is 6.12. The van der Waals surface area contributed by atoms with E-state index in [1.54, 1.807) is 0 Å². The molecule has 1 saturated heterocycles. The minimum absolute atomic E-state index is 0. The molecule has 1 aliphatic heterocycles. The number of hydrogen-bond donors (Lipinski definition) is 1. The highest BCUT2D eigenvalue weighted by molar-refractivity contribution is 6.30. The molecule has 1 aromatic carbocycles. The van der Waals surface area contributed by atoms with E-state index in [2.05, 4.69) is 22.3 Å². The lowest BCUT2D eigenvalue weighted by atomic mass is 10.2. The molecule has 4 nitrogen and oxygen atoms in total. The van der Waals surface area contributed by atoms with Crippen molar-refractivity contribution in [2.45, 2.75) is 25.8 Å². The predicted molar refractivity (Wildman–Crippen MR) is 108 cm³/mol. The van der Waals surface area contributed by atoms with Crippen LogP contribution in [-0.2, 0) is 11.3 Å². The lowest BCUT2D eigenvalue weighted by Crippen LogP contribution is -2.40. The van der Waals surface area contributed by atoms with Crippen molar-refractivity contribution in [3.05, 3.63) is 34.9 Å². The monoisotopic (exact) mass is 407 g/mol. The third-order valence-corrected chi connectivity index (χ3v) is 4.92. The summed E-state index contributed by atoms with van der Waals surface area (Å²) < 4.78 is 0. The topological polar surface area (TPSA) is 35.6 Å². The molecule has 142 valence electrons. The van der Waals surface area contributed by atoms with Gasteiger partial charge >= 0.3 is 0 Å². The first-order valence-corrected chi connectivity index (χ1v) is 9.04. The second-order valence-corrected chi connectivity index (χ2v) is 7.15. The molecule has 2 fully saturated rings. The average molecular weight is 409 g/mol. The largest absolute Gasteiger partial charge is 0.340 e. The zero-order valence-electron chi connectivity index (χ0n) is 14.5. The van der Waals surface area contributed by atoms with Gasteiger partial charge in [0.1, 0.15) is 0 Å². The molecule has 1 amide bonds. The summed E-state index contributed by atoms with van der Waals surface area (Å²) in [5.41, 5.74) is 1.28. The fraction of sp³-hybridized carbons (Fsp3) is 0.611. The highest BCUT2D eigenvalue weighted by Crippen LogP contribution is 2.27. The molecule has 1 aromatic rings. The molecular formula is C18H28Cl3N3O. The zero-order valence-corrected chi connectivity index (χ0v) is 16.8. The summed E-state index contributed by atoms with van der Waals surface area (Å²) in [5.74, 6) is 1.07. The zero-order chi connectivity index (χ0) is 16.1. The molecule has 1 N–H and O–H groups in total. The molecule has 7 heteroatoms. The Hall–Kier alpha value is -0.520. The van der Waals surface area contributed by atoms with E-state index < -0.39 is 0 Å². The number of amides is 1. The van der Waals surface area contributed by atoms with Crippen LogP contribution in [0.4, 0.5) is 0 Å². The van der Waals surface area contributed by atoms with Crippen LogP contribution in [0, 0.1) is 5.92 Å². The van der Waals surface area contributed by atoms with E-state index >= 15 is 0 Å². The standard InChI is InChI=1S/C18H26ClN3O.2ClH/c19-17-6-4-16(5-7-17)14-21-8-1-9-22(11-10-21)18(23)13-20-12-15-2-3-15;;/h4-7,15,20H,1-3,8-14H2;2*1H. The minimum atomic E-state index is 0. The Morgan fingerprint density at radius 1 is 1.08 bits per heavy atom. The first-order chi connectivity index (χ1) is 11.2. The fourth-order valence-corrected chi connectivity index (χ4v) is 3.17. The van der Waals surface area contributed by atoms with Crippen molar-refractivity contribution in [1.29, 1.82) is 0 Å². The highest BCUT2D eigenvalue weighted by atomic mass is 35.5. The van der Waals surface area contributed by atoms with Gasteiger partial charge in [0.05, 0.1) is 6.54 Å². The molecule has 25 heavy (non-hydrogen) atoms. The number of nitrogens with one attached hydrogen (secondary N) is 1. The maximum Gasteiger partial charge on any atom is 0.236 e. The molecular weight excluding hydrogens is 381 g/mol. The first-order valence-electron chi connectivity index (χ1n) is 8.66. The van der Waals surface area contributed by atoms with Crippen LogP contribution in [-0.4, -0.2) is 55.0 Å². The number of hydrogen-bond acceptors (Lipinski definition) is 3. The van der Waals surface area contributed by atoms with Gasteiger partial charge in [-0.05, 0) is 49.4 Å². The summed E-state index contributed by atoms with van der Waals surface area (Å²) in [7, 11) is 0. The number of carbonyl (C=O) groups is 1. The van der Waals surface area contributed by atoms with E-state index in [4.69, 9.17) is 11.6 Å². The van der Waals surface area contributed by atoms with Crippen LogP contribution in [0.3, 0.4) is 0 Å². The van der Waals surface area contributed by atoms with Crippen LogP contribution in [0.15, 0.2) is 24.3 Å². The van der Waals surface area contributed by atoms with Gasteiger partial charge < -0.3 is 10.2 Å². The van der Waals surface area contributed by atoms with Crippen LogP contribution < -0.4 is 5.32 Å². The first kappa shape index (κ1) is 22.5. The fourth-order valence-electron chi connectivity index (χ4n) is 3.04. The number of carbonyl (C=O) groups excluding carboxylic acids is 1. The Kier molecular flexibility index (Phi) is 10.1. The van der Waals surface area contributed by atoms with E-state index in [1.165, 1.54) is 18.4 Å². The molecule has 0 atom stereocenters. The van der Waals surface area contributed by atoms with Crippen LogP contribution >= 0.6 is 36.4 Å². The van der Waals surface area contributed by atoms with Crippen molar-refractivity contribution in [2.24, 2.45) is 5.92 Å². The molecule has 0 aromatic heterocycles. The molecule has 0 spiro atoms. The average Bonchev–Trinajstić information content (AvgIpc) is 3.37. The number of benzene rings is 1. The van der Waals surface area contributed by atoms with E-state index in [0.717, 1.165) is 56.6 Å². The minimum Gasteiger partial charge on any atom is -0.340 e. The highest BCUT2D eigenvalue weighted by Gasteiger charge is 2.22. The normalized spacial score (nSPS) is 18.0. The Labute approximate surface area is 168 Å². The van der Waals surface area contributed by atoms with Crippen molar-refractivity contribution >= 4 is 42.3 Å². The van der Waals surface area contributed by atoms with Gasteiger partial charge in [0.15, 0.2) is 0 Å². The summed E-state index contributed by atoms with van der Waals surface area (Å²) >= 11 is 5.94. The van der Waals surface area contributed by atoms with E-state index in [9.17, 15) is 4.79 Å². The second kappa shape index (κ2) is 11.2. The van der Waals surface area contributed by atoms with Gasteiger partial charge in [0, 0.05) is 37.7 Å². The van der Waals surface area contributed by atoms with E-state index in [0.29, 0.717) is 6.54 Å². The molecule has 2 aliphatic rings. The van der Waals surface area contributed by atoms with Crippen molar-refractivity contribution in [3.63, 3.8) is 0 Å².